The number of nitrogens with zero attached hydrogens (tertiary/aromatic N) is 1. The third-order valence-corrected chi connectivity index (χ3v) is 14.5. The Balaban J connectivity index is 1.30. The van der Waals surface area contributed by atoms with Gasteiger partial charge in [0.05, 0.1) is 16.4 Å². The van der Waals surface area contributed by atoms with Crippen LogP contribution in [0.2, 0.25) is 0 Å². The highest BCUT2D eigenvalue weighted by Gasteiger charge is 2.47. The Morgan fingerprint density at radius 2 is 0.981 bits per heavy atom. The third kappa shape index (κ3) is 4.74. The Hall–Kier alpha value is -5.73. The number of halogens is 1. The predicted molar refractivity (Wildman–Crippen MR) is 225 cm³/mol. The molecule has 8 aromatic carbocycles. The van der Waals surface area contributed by atoms with Crippen molar-refractivity contribution < 1.29 is 4.57 Å². The summed E-state index contributed by atoms with van der Waals surface area (Å²) in [5, 5.41) is 4.82. The molecule has 0 saturated carbocycles. The molecule has 53 heavy (non-hydrogen) atoms. The fraction of sp³-hybridized carbons (Fsp3) is 0.0204. The second-order valence-electron chi connectivity index (χ2n) is 13.7. The zero-order valence-electron chi connectivity index (χ0n) is 28.7. The van der Waals surface area contributed by atoms with Crippen LogP contribution in [0.3, 0.4) is 0 Å². The van der Waals surface area contributed by atoms with E-state index in [2.05, 4.69) is 166 Å². The van der Waals surface area contributed by atoms with Crippen LogP contribution >= 0.6 is 23.1 Å². The van der Waals surface area contributed by atoms with Gasteiger partial charge < -0.3 is 9.13 Å². The highest BCUT2D eigenvalue weighted by molar-refractivity contribution is 9.10. The molecular weight excluding hydrogens is 729 g/mol. The summed E-state index contributed by atoms with van der Waals surface area (Å²) in [7, 11) is -3.30. The Kier molecular flexibility index (Phi) is 7.51. The zero-order chi connectivity index (χ0) is 35.6. The number of benzene rings is 8. The number of hydrogen-bond acceptors (Lipinski definition) is 1. The number of rotatable bonds is 6. The molecule has 252 valence electrons. The van der Waals surface area contributed by atoms with E-state index in [0.717, 1.165) is 37.2 Å². The van der Waals surface area contributed by atoms with Crippen LogP contribution in [0.4, 0.5) is 0 Å². The highest BCUT2D eigenvalue weighted by atomic mass is 79.9. The van der Waals surface area contributed by atoms with E-state index in [1.807, 2.05) is 54.6 Å². The monoisotopic (exact) mass is 761 g/mol. The number of para-hydroxylation sites is 2. The maximum absolute atomic E-state index is 15.9. The molecule has 0 bridgehead atoms. The molecule has 1 unspecified atom stereocenters. The summed E-state index contributed by atoms with van der Waals surface area (Å²) in [5.41, 5.74) is 9.94. The molecule has 1 heterocycles. The van der Waals surface area contributed by atoms with Crippen molar-refractivity contribution in [2.75, 3.05) is 0 Å². The molecule has 0 amide bonds. The fourth-order valence-corrected chi connectivity index (χ4v) is 12.1. The highest BCUT2D eigenvalue weighted by Crippen LogP contribution is 2.57. The zero-order valence-corrected chi connectivity index (χ0v) is 31.2. The molecule has 0 fully saturated rings. The smallest absolute Gasteiger partial charge is 0.171 e. The van der Waals surface area contributed by atoms with Crippen molar-refractivity contribution in [3.63, 3.8) is 0 Å². The second-order valence-corrected chi connectivity index (χ2v) is 17.4. The average molecular weight is 763 g/mol. The van der Waals surface area contributed by atoms with Crippen molar-refractivity contribution in [3.05, 3.63) is 227 Å². The van der Waals surface area contributed by atoms with Gasteiger partial charge in [-0.2, -0.15) is 0 Å². The van der Waals surface area contributed by atoms with Crippen LogP contribution in [0.25, 0.3) is 38.6 Å². The van der Waals surface area contributed by atoms with Gasteiger partial charge in [-0.05, 0) is 81.9 Å². The molecule has 0 saturated heterocycles. The maximum Gasteiger partial charge on any atom is 0.171 e. The van der Waals surface area contributed by atoms with Crippen LogP contribution in [0.5, 0.6) is 0 Å². The first-order valence-electron chi connectivity index (χ1n) is 17.9. The summed E-state index contributed by atoms with van der Waals surface area (Å²) in [6.07, 6.45) is 0. The van der Waals surface area contributed by atoms with Gasteiger partial charge in [0, 0.05) is 36.8 Å². The largest absolute Gasteiger partial charge is 0.309 e. The Bertz CT molecular complexity index is 2850. The normalized spacial score (nSPS) is 14.1. The van der Waals surface area contributed by atoms with E-state index in [1.165, 1.54) is 44.1 Å². The van der Waals surface area contributed by atoms with E-state index < -0.39 is 12.6 Å². The molecule has 0 N–H and O–H groups in total. The Morgan fingerprint density at radius 1 is 0.434 bits per heavy atom. The van der Waals surface area contributed by atoms with Crippen LogP contribution in [0, 0.1) is 0 Å². The SMILES string of the molecule is O=P(c1ccccc1)(c1cccc(Br)c1)c1cccc(C2(c3ccc4c(c3)c3ccccc3n4-c3ccccc3)c3ccccc3-c3ccccc32)c1. The summed E-state index contributed by atoms with van der Waals surface area (Å²) in [6, 6.07) is 70.5. The minimum Gasteiger partial charge on any atom is -0.309 e. The van der Waals surface area contributed by atoms with Crippen molar-refractivity contribution in [2.24, 2.45) is 0 Å². The molecule has 2 nitrogen and oxygen atoms in total. The van der Waals surface area contributed by atoms with Crippen LogP contribution in [0.15, 0.2) is 205 Å². The van der Waals surface area contributed by atoms with Gasteiger partial charge in [-0.1, -0.05) is 168 Å². The Morgan fingerprint density at radius 3 is 1.70 bits per heavy atom. The van der Waals surface area contributed by atoms with Gasteiger partial charge in [-0.25, -0.2) is 0 Å². The van der Waals surface area contributed by atoms with Gasteiger partial charge in [0.2, 0.25) is 0 Å². The third-order valence-electron chi connectivity index (χ3n) is 11.0. The molecular formula is C49H33BrNOP. The van der Waals surface area contributed by atoms with Crippen molar-refractivity contribution in [1.82, 2.24) is 4.57 Å². The van der Waals surface area contributed by atoms with E-state index >= 15 is 4.57 Å². The summed E-state index contributed by atoms with van der Waals surface area (Å²) < 4.78 is 19.2. The summed E-state index contributed by atoms with van der Waals surface area (Å²) in [5.74, 6) is 0. The Labute approximate surface area is 317 Å². The van der Waals surface area contributed by atoms with E-state index in [-0.39, 0.29) is 0 Å². The summed E-state index contributed by atoms with van der Waals surface area (Å²) in [4.78, 5) is 0. The van der Waals surface area contributed by atoms with Gasteiger partial charge in [0.15, 0.2) is 7.14 Å². The maximum atomic E-state index is 15.9. The molecule has 0 aliphatic heterocycles. The molecule has 0 spiro atoms. The number of aromatic nitrogens is 1. The quantitative estimate of drug-likeness (QED) is 0.155. The first-order chi connectivity index (χ1) is 26.1. The first-order valence-corrected chi connectivity index (χ1v) is 20.4. The van der Waals surface area contributed by atoms with E-state index in [0.29, 0.717) is 0 Å². The molecule has 1 aliphatic carbocycles. The molecule has 9 aromatic rings. The standard InChI is InChI=1S/C49H33BrNOP/c50-36-16-14-22-40(33-36)53(52,38-19-5-2-6-20-38)39-21-13-15-34(31-39)49(45-26-10-7-23-41(45)42-24-8-11-27-46(42)49)35-29-30-48-44(32-35)43-25-9-12-28-47(43)51(48)37-17-3-1-4-18-37/h1-33H. The lowest BCUT2D eigenvalue weighted by molar-refractivity contribution is 0.592. The summed E-state index contributed by atoms with van der Waals surface area (Å²) in [6.45, 7) is 0. The van der Waals surface area contributed by atoms with Crippen molar-refractivity contribution in [1.29, 1.82) is 0 Å². The number of fused-ring (bicyclic) bond motifs is 6. The first kappa shape index (κ1) is 32.0. The lowest BCUT2D eigenvalue weighted by atomic mass is 9.67. The predicted octanol–water partition coefficient (Wildman–Crippen LogP) is 11.5. The van der Waals surface area contributed by atoms with Crippen LogP contribution in [0.1, 0.15) is 22.3 Å². The van der Waals surface area contributed by atoms with E-state index in [4.69, 9.17) is 0 Å². The molecule has 10 rings (SSSR count). The molecule has 0 radical (unpaired) electrons. The average Bonchev–Trinajstić information content (AvgIpc) is 3.72. The van der Waals surface area contributed by atoms with Crippen molar-refractivity contribution in [2.45, 2.75) is 5.41 Å². The molecule has 4 heteroatoms. The summed E-state index contributed by atoms with van der Waals surface area (Å²) >= 11 is 3.67. The minimum atomic E-state index is -3.30. The van der Waals surface area contributed by atoms with Crippen molar-refractivity contribution >= 4 is 60.8 Å². The molecule has 1 aromatic heterocycles. The molecule has 1 atom stereocenters. The van der Waals surface area contributed by atoms with Gasteiger partial charge in [-0.15, -0.1) is 0 Å². The van der Waals surface area contributed by atoms with Crippen LogP contribution < -0.4 is 15.9 Å². The van der Waals surface area contributed by atoms with Crippen LogP contribution in [-0.2, 0) is 9.98 Å². The lowest BCUT2D eigenvalue weighted by Gasteiger charge is -2.35. The molecule has 1 aliphatic rings. The van der Waals surface area contributed by atoms with Gasteiger partial charge in [0.25, 0.3) is 0 Å². The minimum absolute atomic E-state index is 0.674. The number of hydrogen-bond donors (Lipinski definition) is 0. The van der Waals surface area contributed by atoms with Crippen LogP contribution in [-0.4, -0.2) is 4.57 Å². The van der Waals surface area contributed by atoms with Gasteiger partial charge in [-0.3, -0.25) is 0 Å². The fourth-order valence-electron chi connectivity index (χ4n) is 8.78. The van der Waals surface area contributed by atoms with E-state index in [9.17, 15) is 0 Å². The van der Waals surface area contributed by atoms with E-state index in [1.54, 1.807) is 0 Å². The van der Waals surface area contributed by atoms with Gasteiger partial charge in [0.1, 0.15) is 0 Å². The van der Waals surface area contributed by atoms with Gasteiger partial charge >= 0.3 is 0 Å². The second kappa shape index (κ2) is 12.5. The topological polar surface area (TPSA) is 22.0 Å². The lowest BCUT2D eigenvalue weighted by Crippen LogP contribution is -2.31. The van der Waals surface area contributed by atoms with Crippen molar-refractivity contribution in [3.8, 4) is 16.8 Å².